The maximum Gasteiger partial charge on any atom is 0.301 e. The van der Waals surface area contributed by atoms with Crippen LogP contribution in [0.25, 0.3) is 5.76 Å². The van der Waals surface area contributed by atoms with Gasteiger partial charge in [0, 0.05) is 11.3 Å². The first-order chi connectivity index (χ1) is 22.8. The van der Waals surface area contributed by atoms with E-state index < -0.39 is 17.7 Å². The Morgan fingerprint density at radius 2 is 1.68 bits per heavy atom. The molecular formula is C36H30FN3O5S2. The van der Waals surface area contributed by atoms with Gasteiger partial charge < -0.3 is 14.6 Å². The molecule has 11 heteroatoms. The number of halogens is 1. The molecule has 6 rings (SSSR count). The second-order valence-electron chi connectivity index (χ2n) is 10.7. The van der Waals surface area contributed by atoms with Crippen LogP contribution < -0.4 is 14.4 Å². The third-order valence-electron chi connectivity index (χ3n) is 7.50. The molecule has 0 saturated carbocycles. The molecule has 1 aromatic heterocycles. The Labute approximate surface area is 279 Å². The summed E-state index contributed by atoms with van der Waals surface area (Å²) in [6.07, 6.45) is 0. The predicted octanol–water partition coefficient (Wildman–Crippen LogP) is 7.88. The van der Waals surface area contributed by atoms with Crippen molar-refractivity contribution in [2.45, 2.75) is 36.6 Å². The number of aliphatic hydroxyl groups is 1. The van der Waals surface area contributed by atoms with Gasteiger partial charge in [-0.2, -0.15) is 0 Å². The van der Waals surface area contributed by atoms with Gasteiger partial charge >= 0.3 is 5.91 Å². The molecule has 1 N–H and O–H groups in total. The average Bonchev–Trinajstić information content (AvgIpc) is 3.66. The van der Waals surface area contributed by atoms with E-state index in [9.17, 15) is 19.1 Å². The first-order valence-corrected chi connectivity index (χ1v) is 16.7. The molecule has 8 nitrogen and oxygen atoms in total. The van der Waals surface area contributed by atoms with Crippen LogP contribution in [0.5, 0.6) is 11.5 Å². The smallest absolute Gasteiger partial charge is 0.301 e. The molecule has 1 fully saturated rings. The van der Waals surface area contributed by atoms with Gasteiger partial charge in [-0.05, 0) is 48.7 Å². The number of carbonyl (C=O) groups excluding carboxylic acids is 2. The summed E-state index contributed by atoms with van der Waals surface area (Å²) in [5, 5.41) is 20.2. The van der Waals surface area contributed by atoms with Crippen LogP contribution in [0.3, 0.4) is 0 Å². The zero-order valence-corrected chi connectivity index (χ0v) is 27.2. The van der Waals surface area contributed by atoms with E-state index in [1.807, 2.05) is 56.3 Å². The fourth-order valence-corrected chi connectivity index (χ4v) is 7.00. The Morgan fingerprint density at radius 3 is 2.43 bits per heavy atom. The number of rotatable bonds is 11. The van der Waals surface area contributed by atoms with Gasteiger partial charge in [0.2, 0.25) is 5.13 Å². The van der Waals surface area contributed by atoms with E-state index in [2.05, 4.69) is 10.2 Å². The summed E-state index contributed by atoms with van der Waals surface area (Å²) < 4.78 is 26.8. The number of hydrogen-bond acceptors (Lipinski definition) is 9. The van der Waals surface area contributed by atoms with Crippen molar-refractivity contribution in [3.63, 3.8) is 0 Å². The Kier molecular flexibility index (Phi) is 9.65. The summed E-state index contributed by atoms with van der Waals surface area (Å²) in [4.78, 5) is 28.7. The van der Waals surface area contributed by atoms with Crippen molar-refractivity contribution >= 4 is 45.7 Å². The number of Topliss-reactive ketones (excluding diaryl/α,β-unsaturated/α-hetero) is 1. The monoisotopic (exact) mass is 667 g/mol. The quantitative estimate of drug-likeness (QED) is 0.0499. The number of carbonyl (C=O) groups is 2. The summed E-state index contributed by atoms with van der Waals surface area (Å²) in [5.41, 5.74) is 3.26. The molecule has 2 heterocycles. The van der Waals surface area contributed by atoms with Crippen LogP contribution in [0.1, 0.15) is 40.8 Å². The van der Waals surface area contributed by atoms with Crippen LogP contribution in [-0.2, 0) is 21.9 Å². The number of thioether (sulfide) groups is 1. The average molecular weight is 668 g/mol. The number of anilines is 1. The molecular weight excluding hydrogens is 638 g/mol. The highest BCUT2D eigenvalue weighted by atomic mass is 32.2. The summed E-state index contributed by atoms with van der Waals surface area (Å²) >= 11 is 2.38. The highest BCUT2D eigenvalue weighted by molar-refractivity contribution is 8.00. The minimum atomic E-state index is -1.05. The SMILES string of the molecule is CCOc1cc(C2C(=C(O)c3ccc(C)cc3)C(=O)C(=O)N2c2nnc(SCc3ccccc3F)s2)ccc1OCc1ccccc1. The van der Waals surface area contributed by atoms with Gasteiger partial charge in [-0.1, -0.05) is 108 Å². The Bertz CT molecular complexity index is 1950. The first-order valence-electron chi connectivity index (χ1n) is 14.8. The van der Waals surface area contributed by atoms with E-state index in [4.69, 9.17) is 9.47 Å². The molecule has 1 aliphatic rings. The third kappa shape index (κ3) is 6.91. The number of aryl methyl sites for hydroxylation is 1. The van der Waals surface area contributed by atoms with Gasteiger partial charge in [0.05, 0.1) is 18.2 Å². The maximum atomic E-state index is 14.2. The number of hydrogen-bond donors (Lipinski definition) is 1. The molecule has 0 aliphatic carbocycles. The fourth-order valence-electron chi connectivity index (χ4n) is 5.14. The lowest BCUT2D eigenvalue weighted by atomic mass is 9.95. The second kappa shape index (κ2) is 14.2. The van der Waals surface area contributed by atoms with E-state index in [0.29, 0.717) is 51.5 Å². The number of aliphatic hydroxyl groups excluding tert-OH is 1. The Hall–Kier alpha value is -5.00. The highest BCUT2D eigenvalue weighted by Gasteiger charge is 2.48. The Morgan fingerprint density at radius 1 is 0.936 bits per heavy atom. The number of ether oxygens (including phenoxy) is 2. The van der Waals surface area contributed by atoms with Crippen LogP contribution >= 0.6 is 23.1 Å². The molecule has 4 aromatic carbocycles. The minimum absolute atomic E-state index is 0.0879. The van der Waals surface area contributed by atoms with Crippen molar-refractivity contribution in [2.24, 2.45) is 0 Å². The summed E-state index contributed by atoms with van der Waals surface area (Å²) in [6, 6.07) is 27.3. The largest absolute Gasteiger partial charge is 0.507 e. The topological polar surface area (TPSA) is 102 Å². The van der Waals surface area contributed by atoms with Gasteiger partial charge in [-0.15, -0.1) is 10.2 Å². The van der Waals surface area contributed by atoms with Crippen LogP contribution in [0.2, 0.25) is 0 Å². The first kappa shape index (κ1) is 32.0. The molecule has 0 radical (unpaired) electrons. The van der Waals surface area contributed by atoms with Gasteiger partial charge in [0.1, 0.15) is 18.2 Å². The third-order valence-corrected chi connectivity index (χ3v) is 9.61. The summed E-state index contributed by atoms with van der Waals surface area (Å²) in [5.74, 6) is -1.14. The standard InChI is InChI=1S/C36H30FN3O5S2/c1-3-44-29-19-25(17-18-28(29)45-20-23-9-5-4-6-10-23)31-30(32(41)24-15-13-22(2)14-16-24)33(42)34(43)40(31)35-38-39-36(47-35)46-21-26-11-7-8-12-27(26)37/h4-19,31,41H,3,20-21H2,1-2H3. The van der Waals surface area contributed by atoms with Gasteiger partial charge in [0.25, 0.3) is 5.78 Å². The number of benzene rings is 4. The normalized spacial score (nSPS) is 15.6. The predicted molar refractivity (Wildman–Crippen MR) is 180 cm³/mol. The van der Waals surface area contributed by atoms with E-state index >= 15 is 0 Å². The molecule has 5 aromatic rings. The van der Waals surface area contributed by atoms with Crippen LogP contribution in [0.15, 0.2) is 107 Å². The van der Waals surface area contributed by atoms with E-state index in [1.54, 1.807) is 48.5 Å². The molecule has 1 aliphatic heterocycles. The van der Waals surface area contributed by atoms with E-state index in [-0.39, 0.29) is 22.3 Å². The number of ketones is 1. The van der Waals surface area contributed by atoms with Gasteiger partial charge in [0.15, 0.2) is 15.8 Å². The van der Waals surface area contributed by atoms with Crippen molar-refractivity contribution in [2.75, 3.05) is 11.5 Å². The van der Waals surface area contributed by atoms with Crippen molar-refractivity contribution in [3.05, 3.63) is 136 Å². The minimum Gasteiger partial charge on any atom is -0.507 e. The molecule has 238 valence electrons. The van der Waals surface area contributed by atoms with Crippen LogP contribution in [-0.4, -0.2) is 33.6 Å². The molecule has 1 saturated heterocycles. The van der Waals surface area contributed by atoms with Gasteiger partial charge in [-0.25, -0.2) is 4.39 Å². The fraction of sp³-hybridized carbons (Fsp3) is 0.167. The van der Waals surface area contributed by atoms with Crippen LogP contribution in [0.4, 0.5) is 9.52 Å². The summed E-state index contributed by atoms with van der Waals surface area (Å²) in [7, 11) is 0. The van der Waals surface area contributed by atoms with Crippen molar-refractivity contribution in [1.29, 1.82) is 0 Å². The number of amides is 1. The van der Waals surface area contributed by atoms with Crippen molar-refractivity contribution in [3.8, 4) is 11.5 Å². The van der Waals surface area contributed by atoms with Gasteiger partial charge in [-0.3, -0.25) is 14.5 Å². The number of nitrogens with zero attached hydrogens (tertiary/aromatic N) is 3. The maximum absolute atomic E-state index is 14.2. The summed E-state index contributed by atoms with van der Waals surface area (Å²) in [6.45, 7) is 4.41. The van der Waals surface area contributed by atoms with E-state index in [0.717, 1.165) is 22.5 Å². The molecule has 1 amide bonds. The lowest BCUT2D eigenvalue weighted by Crippen LogP contribution is -2.29. The van der Waals surface area contributed by atoms with Crippen molar-refractivity contribution in [1.82, 2.24) is 10.2 Å². The molecule has 47 heavy (non-hydrogen) atoms. The molecule has 0 spiro atoms. The zero-order chi connectivity index (χ0) is 32.9. The van der Waals surface area contributed by atoms with E-state index in [1.165, 1.54) is 22.7 Å². The van der Waals surface area contributed by atoms with Crippen molar-refractivity contribution < 1.29 is 28.6 Å². The molecule has 1 atom stereocenters. The zero-order valence-electron chi connectivity index (χ0n) is 25.6. The Balaban J connectivity index is 1.39. The number of aromatic nitrogens is 2. The van der Waals surface area contributed by atoms with Crippen LogP contribution in [0, 0.1) is 12.7 Å². The lowest BCUT2D eigenvalue weighted by Gasteiger charge is -2.23. The molecule has 0 bridgehead atoms. The highest BCUT2D eigenvalue weighted by Crippen LogP contribution is 2.46. The lowest BCUT2D eigenvalue weighted by molar-refractivity contribution is -0.132. The molecule has 1 unspecified atom stereocenters. The second-order valence-corrected chi connectivity index (χ2v) is 12.9.